The molecule has 166 valence electrons. The maximum atomic E-state index is 13.7. The molecule has 0 saturated carbocycles. The van der Waals surface area contributed by atoms with Gasteiger partial charge in [0.15, 0.2) is 4.80 Å². The van der Waals surface area contributed by atoms with Gasteiger partial charge in [-0.15, -0.1) is 0 Å². The van der Waals surface area contributed by atoms with Crippen molar-refractivity contribution in [1.29, 1.82) is 0 Å². The van der Waals surface area contributed by atoms with Gasteiger partial charge >= 0.3 is 5.97 Å². The number of rotatable bonds is 3. The number of carbonyl (C=O) groups is 1. The van der Waals surface area contributed by atoms with Gasteiger partial charge in [0, 0.05) is 5.56 Å². The van der Waals surface area contributed by atoms with E-state index >= 15 is 0 Å². The van der Waals surface area contributed by atoms with Gasteiger partial charge in [0.25, 0.3) is 5.56 Å². The summed E-state index contributed by atoms with van der Waals surface area (Å²) in [6, 6.07) is 24.9. The number of aryl methyl sites for hydroxylation is 1. The van der Waals surface area contributed by atoms with Gasteiger partial charge in [-0.05, 0) is 53.3 Å². The molecule has 1 aliphatic carbocycles. The third-order valence-electron chi connectivity index (χ3n) is 6.44. The Hall–Kier alpha value is -4.03. The Bertz CT molecular complexity index is 1640. The predicted octanol–water partition coefficient (Wildman–Crippen LogP) is 4.02. The number of hydrogen-bond acceptors (Lipinski definition) is 4. The van der Waals surface area contributed by atoms with Gasteiger partial charge in [-0.1, -0.05) is 78.1 Å². The minimum absolute atomic E-state index is 0.0784. The number of hydrogen-bond donors (Lipinski definition) is 1. The van der Waals surface area contributed by atoms with E-state index in [-0.39, 0.29) is 17.2 Å². The highest BCUT2D eigenvalue weighted by Crippen LogP contribution is 2.41. The minimum atomic E-state index is -0.973. The number of carboxylic acid groups (broad SMARTS) is 1. The number of carboxylic acids is 1. The van der Waals surface area contributed by atoms with Crippen molar-refractivity contribution in [2.45, 2.75) is 18.9 Å². The second kappa shape index (κ2) is 8.08. The molecule has 0 saturated heterocycles. The van der Waals surface area contributed by atoms with Crippen LogP contribution in [0.5, 0.6) is 0 Å². The third kappa shape index (κ3) is 3.35. The number of thiazole rings is 1. The number of nitrogens with zero attached hydrogens (tertiary/aromatic N) is 2. The van der Waals surface area contributed by atoms with Crippen molar-refractivity contribution < 1.29 is 9.90 Å². The van der Waals surface area contributed by atoms with Crippen LogP contribution in [-0.2, 0) is 6.42 Å². The van der Waals surface area contributed by atoms with Gasteiger partial charge in [0.1, 0.15) is 0 Å². The van der Waals surface area contributed by atoms with Crippen molar-refractivity contribution in [1.82, 2.24) is 4.57 Å². The average Bonchev–Trinajstić information content (AvgIpc) is 3.18. The summed E-state index contributed by atoms with van der Waals surface area (Å²) in [5, 5.41) is 9.15. The van der Waals surface area contributed by atoms with Crippen LogP contribution in [0.25, 0.3) is 11.8 Å². The molecule has 6 heteroatoms. The van der Waals surface area contributed by atoms with Crippen LogP contribution in [0.15, 0.2) is 94.2 Å². The van der Waals surface area contributed by atoms with Crippen molar-refractivity contribution in [2.75, 3.05) is 0 Å². The van der Waals surface area contributed by atoms with E-state index in [9.17, 15) is 9.59 Å². The van der Waals surface area contributed by atoms with E-state index in [1.54, 1.807) is 24.3 Å². The first-order chi connectivity index (χ1) is 16.6. The third-order valence-corrected chi connectivity index (χ3v) is 7.43. The Balaban J connectivity index is 1.58. The van der Waals surface area contributed by atoms with Crippen LogP contribution in [-0.4, -0.2) is 15.6 Å². The van der Waals surface area contributed by atoms with E-state index in [0.717, 1.165) is 35.2 Å². The SMILES string of the molecule is O=C(O)c1ccc(/C=c2/sc3n(c2=O)[C@@H](c2ccccc2)C2=C(N=3)c3ccccc3CC2)cc1. The lowest BCUT2D eigenvalue weighted by molar-refractivity contribution is 0.0697. The number of allylic oxidation sites excluding steroid dienone is 1. The summed E-state index contributed by atoms with van der Waals surface area (Å²) in [5.74, 6) is -0.973. The van der Waals surface area contributed by atoms with Gasteiger partial charge in [-0.25, -0.2) is 9.79 Å². The molecule has 0 fully saturated rings. The Kier molecular flexibility index (Phi) is 4.89. The van der Waals surface area contributed by atoms with Gasteiger partial charge in [-0.3, -0.25) is 9.36 Å². The maximum Gasteiger partial charge on any atom is 0.335 e. The number of aromatic carboxylic acids is 1. The molecule has 0 bridgehead atoms. The zero-order valence-electron chi connectivity index (χ0n) is 18.1. The monoisotopic (exact) mass is 464 g/mol. The average molecular weight is 465 g/mol. The van der Waals surface area contributed by atoms with Crippen molar-refractivity contribution in [3.05, 3.63) is 132 Å². The predicted molar refractivity (Wildman–Crippen MR) is 133 cm³/mol. The Morgan fingerprint density at radius 3 is 2.47 bits per heavy atom. The lowest BCUT2D eigenvalue weighted by atomic mass is 9.83. The highest BCUT2D eigenvalue weighted by Gasteiger charge is 2.32. The summed E-state index contributed by atoms with van der Waals surface area (Å²) in [5.41, 5.74) is 6.58. The fourth-order valence-electron chi connectivity index (χ4n) is 4.83. The molecule has 1 aromatic heterocycles. The molecule has 34 heavy (non-hydrogen) atoms. The molecular formula is C28H20N2O3S. The van der Waals surface area contributed by atoms with E-state index < -0.39 is 5.97 Å². The lowest BCUT2D eigenvalue weighted by Crippen LogP contribution is -2.38. The summed E-state index contributed by atoms with van der Waals surface area (Å²) in [4.78, 5) is 30.5. The first kappa shape index (κ1) is 20.6. The molecule has 5 nitrogen and oxygen atoms in total. The van der Waals surface area contributed by atoms with E-state index in [2.05, 4.69) is 30.3 Å². The summed E-state index contributed by atoms with van der Waals surface area (Å²) in [7, 11) is 0. The van der Waals surface area contributed by atoms with E-state index in [1.165, 1.54) is 22.5 Å². The van der Waals surface area contributed by atoms with Gasteiger partial charge in [0.05, 0.1) is 21.8 Å². The molecule has 2 aliphatic rings. The van der Waals surface area contributed by atoms with E-state index in [4.69, 9.17) is 10.1 Å². The molecule has 0 spiro atoms. The van der Waals surface area contributed by atoms with Gasteiger partial charge in [0.2, 0.25) is 0 Å². The number of fused-ring (bicyclic) bond motifs is 3. The largest absolute Gasteiger partial charge is 0.478 e. The first-order valence-corrected chi connectivity index (χ1v) is 11.9. The van der Waals surface area contributed by atoms with Crippen LogP contribution in [0, 0.1) is 0 Å². The summed E-state index contributed by atoms with van der Waals surface area (Å²) < 4.78 is 2.40. The molecule has 0 amide bonds. The van der Waals surface area contributed by atoms with E-state index in [0.29, 0.717) is 9.33 Å². The molecule has 4 aromatic rings. The van der Waals surface area contributed by atoms with Gasteiger partial charge < -0.3 is 5.11 Å². The highest BCUT2D eigenvalue weighted by molar-refractivity contribution is 7.07. The van der Waals surface area contributed by atoms with Crippen LogP contribution >= 0.6 is 11.3 Å². The summed E-state index contributed by atoms with van der Waals surface area (Å²) >= 11 is 1.37. The second-order valence-electron chi connectivity index (χ2n) is 8.45. The standard InChI is InChI=1S/C28H20N2O3S/c31-26-23(16-17-10-12-20(13-11-17)27(32)33)34-28-29-24-21-9-5-4-6-18(21)14-15-22(24)25(30(26)28)19-7-2-1-3-8-19/h1-13,16,25H,14-15H2,(H,32,33)/b23-16+/t25-/m0/s1. The van der Waals surface area contributed by atoms with Gasteiger partial charge in [-0.2, -0.15) is 0 Å². The number of benzene rings is 3. The van der Waals surface area contributed by atoms with Crippen molar-refractivity contribution >= 4 is 29.1 Å². The molecule has 0 radical (unpaired) electrons. The Labute approximate surface area is 199 Å². The molecular weight excluding hydrogens is 444 g/mol. The second-order valence-corrected chi connectivity index (χ2v) is 9.46. The lowest BCUT2D eigenvalue weighted by Gasteiger charge is -2.30. The van der Waals surface area contributed by atoms with Crippen molar-refractivity contribution in [2.24, 2.45) is 4.99 Å². The molecule has 0 unspecified atom stereocenters. The fourth-order valence-corrected chi connectivity index (χ4v) is 5.83. The smallest absolute Gasteiger partial charge is 0.335 e. The minimum Gasteiger partial charge on any atom is -0.478 e. The fraction of sp³-hybridized carbons (Fsp3) is 0.107. The number of aromatic nitrogens is 1. The Morgan fingerprint density at radius 2 is 1.71 bits per heavy atom. The normalized spacial score (nSPS) is 16.9. The van der Waals surface area contributed by atoms with Crippen LogP contribution < -0.4 is 14.9 Å². The van der Waals surface area contributed by atoms with Crippen molar-refractivity contribution in [3.63, 3.8) is 0 Å². The highest BCUT2D eigenvalue weighted by atomic mass is 32.1. The quantitative estimate of drug-likeness (QED) is 0.498. The molecule has 1 atom stereocenters. The summed E-state index contributed by atoms with van der Waals surface area (Å²) in [6.07, 6.45) is 3.60. The zero-order chi connectivity index (χ0) is 23.2. The molecule has 6 rings (SSSR count). The van der Waals surface area contributed by atoms with Crippen LogP contribution in [0.2, 0.25) is 0 Å². The summed E-state index contributed by atoms with van der Waals surface area (Å²) in [6.45, 7) is 0. The maximum absolute atomic E-state index is 13.7. The van der Waals surface area contributed by atoms with Crippen LogP contribution in [0.3, 0.4) is 0 Å². The van der Waals surface area contributed by atoms with E-state index in [1.807, 2.05) is 34.9 Å². The molecule has 3 aromatic carbocycles. The van der Waals surface area contributed by atoms with Crippen LogP contribution in [0.1, 0.15) is 45.1 Å². The topological polar surface area (TPSA) is 71.7 Å². The Morgan fingerprint density at radius 1 is 0.971 bits per heavy atom. The van der Waals surface area contributed by atoms with Crippen molar-refractivity contribution in [3.8, 4) is 0 Å². The molecule has 1 aliphatic heterocycles. The first-order valence-electron chi connectivity index (χ1n) is 11.1. The molecule has 2 heterocycles. The van der Waals surface area contributed by atoms with Crippen LogP contribution in [0.4, 0.5) is 0 Å². The molecule has 1 N–H and O–H groups in total. The zero-order valence-corrected chi connectivity index (χ0v) is 19.0.